The topological polar surface area (TPSA) is 50.6 Å². The molecule has 3 aromatic carbocycles. The van der Waals surface area contributed by atoms with E-state index in [0.717, 1.165) is 25.9 Å². The number of ketones is 1. The second kappa shape index (κ2) is 8.84. The lowest BCUT2D eigenvalue weighted by Crippen LogP contribution is -3.13. The summed E-state index contributed by atoms with van der Waals surface area (Å²) in [5.74, 6) is -0.0943. The Morgan fingerprint density at radius 2 is 1.52 bits per heavy atom. The number of rotatable bonds is 6. The number of quaternary nitrogens is 1. The van der Waals surface area contributed by atoms with E-state index in [1.165, 1.54) is 10.5 Å². The van der Waals surface area contributed by atoms with Gasteiger partial charge in [-0.05, 0) is 12.1 Å². The molecule has 1 fully saturated rings. The van der Waals surface area contributed by atoms with Crippen molar-refractivity contribution in [2.45, 2.75) is 25.4 Å². The van der Waals surface area contributed by atoms with Gasteiger partial charge in [0.1, 0.15) is 6.54 Å². The predicted octanol–water partition coefficient (Wildman–Crippen LogP) is 3.10. The Labute approximate surface area is 171 Å². The Kier molecular flexibility index (Phi) is 5.82. The summed E-state index contributed by atoms with van der Waals surface area (Å²) >= 11 is 0. The predicted molar refractivity (Wildman–Crippen MR) is 114 cm³/mol. The molecule has 0 radical (unpaired) electrons. The third-order valence-corrected chi connectivity index (χ3v) is 5.54. The van der Waals surface area contributed by atoms with Crippen molar-refractivity contribution < 1.29 is 14.5 Å². The Bertz CT molecular complexity index is 986. The molecule has 29 heavy (non-hydrogen) atoms. The highest BCUT2D eigenvalue weighted by Gasteiger charge is 2.35. The minimum Gasteiger partial charge on any atom is -0.321 e. The highest BCUT2D eigenvalue weighted by Crippen LogP contribution is 2.20. The molecule has 146 valence electrons. The number of nitrogens with one attached hydrogen (secondary N) is 2. The molecular weight excluding hydrogens is 360 g/mol. The maximum Gasteiger partial charge on any atom is 0.282 e. The van der Waals surface area contributed by atoms with Crippen LogP contribution < -0.4 is 10.2 Å². The summed E-state index contributed by atoms with van der Waals surface area (Å²) < 4.78 is 0. The van der Waals surface area contributed by atoms with Crippen LogP contribution in [0.1, 0.15) is 34.3 Å². The van der Waals surface area contributed by atoms with E-state index in [9.17, 15) is 9.59 Å². The van der Waals surface area contributed by atoms with Gasteiger partial charge in [0.25, 0.3) is 5.91 Å². The highest BCUT2D eigenvalue weighted by molar-refractivity contribution is 6.14. The van der Waals surface area contributed by atoms with Crippen LogP contribution in [0.5, 0.6) is 0 Å². The van der Waals surface area contributed by atoms with E-state index in [1.807, 2.05) is 48.5 Å². The summed E-state index contributed by atoms with van der Waals surface area (Å²) in [7, 11) is 0. The number of para-hydroxylation sites is 1. The standard InChI is InChI=1S/C25H24N2O2/c28-24(20-12-5-2-6-13-20)21-14-7-8-15-22(21)26-25(29)23-16-9-17-27(23)18-19-10-3-1-4-11-19/h1-8,10-15,23H,9,16-18H2,(H,26,29)/p+1/t23-/m0/s1. The van der Waals surface area contributed by atoms with E-state index in [2.05, 4.69) is 17.4 Å². The quantitative estimate of drug-likeness (QED) is 0.641. The van der Waals surface area contributed by atoms with Crippen LogP contribution in [-0.4, -0.2) is 24.3 Å². The zero-order valence-corrected chi connectivity index (χ0v) is 16.3. The number of benzene rings is 3. The average Bonchev–Trinajstić information content (AvgIpc) is 3.23. The third-order valence-electron chi connectivity index (χ3n) is 5.54. The molecule has 4 rings (SSSR count). The molecule has 3 aromatic rings. The number of anilines is 1. The normalized spacial score (nSPS) is 18.3. The molecule has 2 N–H and O–H groups in total. The minimum atomic E-state index is -0.102. The summed E-state index contributed by atoms with van der Waals surface area (Å²) in [6.45, 7) is 1.82. The lowest BCUT2D eigenvalue weighted by Gasteiger charge is -2.21. The third kappa shape index (κ3) is 4.44. The first-order chi connectivity index (χ1) is 14.2. The molecule has 2 atom stereocenters. The maximum atomic E-state index is 13.1. The Morgan fingerprint density at radius 1 is 0.862 bits per heavy atom. The average molecular weight is 385 g/mol. The van der Waals surface area contributed by atoms with Gasteiger partial charge in [-0.3, -0.25) is 9.59 Å². The summed E-state index contributed by atoms with van der Waals surface area (Å²) in [6.07, 6.45) is 1.90. The Balaban J connectivity index is 1.50. The van der Waals surface area contributed by atoms with E-state index in [1.54, 1.807) is 24.3 Å². The van der Waals surface area contributed by atoms with Gasteiger partial charge in [0, 0.05) is 29.5 Å². The molecule has 1 heterocycles. The van der Waals surface area contributed by atoms with Gasteiger partial charge in [-0.15, -0.1) is 0 Å². The van der Waals surface area contributed by atoms with Crippen molar-refractivity contribution in [3.05, 3.63) is 102 Å². The molecule has 0 aromatic heterocycles. The van der Waals surface area contributed by atoms with Crippen LogP contribution in [0.3, 0.4) is 0 Å². The van der Waals surface area contributed by atoms with Crippen molar-refractivity contribution in [2.75, 3.05) is 11.9 Å². The number of likely N-dealkylation sites (tertiary alicyclic amines) is 1. The van der Waals surface area contributed by atoms with Crippen LogP contribution in [0, 0.1) is 0 Å². The van der Waals surface area contributed by atoms with Crippen molar-refractivity contribution in [1.82, 2.24) is 0 Å². The zero-order chi connectivity index (χ0) is 20.1. The van der Waals surface area contributed by atoms with E-state index in [-0.39, 0.29) is 17.7 Å². The molecule has 4 heteroatoms. The summed E-state index contributed by atoms with van der Waals surface area (Å²) in [5.41, 5.74) is 2.96. The second-order valence-electron chi connectivity index (χ2n) is 7.50. The van der Waals surface area contributed by atoms with Gasteiger partial charge in [0.05, 0.1) is 12.2 Å². The number of carbonyl (C=O) groups excluding carboxylic acids is 2. The summed E-state index contributed by atoms with van der Waals surface area (Å²) in [5, 5.41) is 3.04. The Morgan fingerprint density at radius 3 is 2.28 bits per heavy atom. The van der Waals surface area contributed by atoms with Gasteiger partial charge in [-0.2, -0.15) is 0 Å². The summed E-state index contributed by atoms with van der Waals surface area (Å²) in [6, 6.07) is 26.6. The maximum absolute atomic E-state index is 13.1. The van der Waals surface area contributed by atoms with E-state index in [4.69, 9.17) is 0 Å². The molecule has 0 bridgehead atoms. The van der Waals surface area contributed by atoms with Crippen molar-refractivity contribution in [3.8, 4) is 0 Å². The van der Waals surface area contributed by atoms with Crippen molar-refractivity contribution in [1.29, 1.82) is 0 Å². The van der Waals surface area contributed by atoms with Crippen molar-refractivity contribution >= 4 is 17.4 Å². The van der Waals surface area contributed by atoms with Crippen LogP contribution >= 0.6 is 0 Å². The van der Waals surface area contributed by atoms with Crippen LogP contribution in [0.2, 0.25) is 0 Å². The Hall–Kier alpha value is -3.24. The van der Waals surface area contributed by atoms with Crippen LogP contribution in [0.25, 0.3) is 0 Å². The monoisotopic (exact) mass is 385 g/mol. The number of hydrogen-bond acceptors (Lipinski definition) is 2. The molecule has 0 aliphatic carbocycles. The molecule has 1 amide bonds. The van der Waals surface area contributed by atoms with Gasteiger partial charge in [0.2, 0.25) is 0 Å². The summed E-state index contributed by atoms with van der Waals surface area (Å²) in [4.78, 5) is 27.3. The van der Waals surface area contributed by atoms with E-state index < -0.39 is 0 Å². The molecule has 1 saturated heterocycles. The highest BCUT2D eigenvalue weighted by atomic mass is 16.2. The van der Waals surface area contributed by atoms with Crippen molar-refractivity contribution in [2.24, 2.45) is 0 Å². The van der Waals surface area contributed by atoms with Gasteiger partial charge < -0.3 is 10.2 Å². The number of amides is 1. The second-order valence-corrected chi connectivity index (χ2v) is 7.50. The fourth-order valence-corrected chi connectivity index (χ4v) is 4.05. The minimum absolute atomic E-state index is 0.0123. The number of hydrogen-bond donors (Lipinski definition) is 2. The van der Waals surface area contributed by atoms with Gasteiger partial charge in [-0.1, -0.05) is 72.8 Å². The van der Waals surface area contributed by atoms with Gasteiger partial charge >= 0.3 is 0 Å². The van der Waals surface area contributed by atoms with Gasteiger partial charge in [0.15, 0.2) is 11.8 Å². The smallest absolute Gasteiger partial charge is 0.282 e. The molecule has 1 aliphatic rings. The molecule has 0 spiro atoms. The zero-order valence-electron chi connectivity index (χ0n) is 16.3. The van der Waals surface area contributed by atoms with Crippen molar-refractivity contribution in [3.63, 3.8) is 0 Å². The van der Waals surface area contributed by atoms with Crippen LogP contribution in [0.15, 0.2) is 84.9 Å². The lowest BCUT2D eigenvalue weighted by molar-refractivity contribution is -0.916. The van der Waals surface area contributed by atoms with Crippen LogP contribution in [0.4, 0.5) is 5.69 Å². The first-order valence-electron chi connectivity index (χ1n) is 10.1. The number of carbonyl (C=O) groups is 2. The molecule has 1 unspecified atom stereocenters. The first kappa shape index (κ1) is 19.1. The lowest BCUT2D eigenvalue weighted by atomic mass is 10.0. The molecular formula is C25H25N2O2+. The van der Waals surface area contributed by atoms with Gasteiger partial charge in [-0.25, -0.2) is 0 Å². The van der Waals surface area contributed by atoms with Crippen LogP contribution in [-0.2, 0) is 11.3 Å². The largest absolute Gasteiger partial charge is 0.321 e. The van der Waals surface area contributed by atoms with E-state index in [0.29, 0.717) is 16.8 Å². The molecule has 4 nitrogen and oxygen atoms in total. The first-order valence-corrected chi connectivity index (χ1v) is 10.1. The fraction of sp³-hybridized carbons (Fsp3) is 0.200. The van der Waals surface area contributed by atoms with E-state index >= 15 is 0 Å². The molecule has 1 aliphatic heterocycles. The molecule has 0 saturated carbocycles. The SMILES string of the molecule is O=C(c1ccccc1)c1ccccc1NC(=O)[C@@H]1CCC[NH+]1Cc1ccccc1. The fourth-order valence-electron chi connectivity index (χ4n) is 4.05.